The van der Waals surface area contributed by atoms with Crippen LogP contribution in [0.25, 0.3) is 5.69 Å². The third kappa shape index (κ3) is 4.87. The summed E-state index contributed by atoms with van der Waals surface area (Å²) in [4.78, 5) is 4.26. The van der Waals surface area contributed by atoms with Crippen LogP contribution >= 0.6 is 11.8 Å². The summed E-state index contributed by atoms with van der Waals surface area (Å²) < 4.78 is 40.1. The number of thioether (sulfide) groups is 1. The lowest BCUT2D eigenvalue weighted by atomic mass is 10.3. The zero-order valence-corrected chi connectivity index (χ0v) is 15.5. The highest BCUT2D eigenvalue weighted by Crippen LogP contribution is 2.25. The Morgan fingerprint density at radius 3 is 2.58 bits per heavy atom. The van der Waals surface area contributed by atoms with Crippen LogP contribution in [0.2, 0.25) is 0 Å². The van der Waals surface area contributed by atoms with Crippen molar-refractivity contribution in [1.29, 1.82) is 0 Å². The minimum atomic E-state index is -3.38. The Morgan fingerprint density at radius 1 is 1.15 bits per heavy atom. The molecule has 1 N–H and O–H groups in total. The van der Waals surface area contributed by atoms with Crippen molar-refractivity contribution in [1.82, 2.24) is 24.5 Å². The summed E-state index contributed by atoms with van der Waals surface area (Å²) in [5.74, 6) is 0.616. The average molecular weight is 393 g/mol. The highest BCUT2D eigenvalue weighted by Gasteiger charge is 2.16. The maximum atomic E-state index is 13.3. The number of benzene rings is 1. The van der Waals surface area contributed by atoms with Crippen molar-refractivity contribution < 1.29 is 12.8 Å². The van der Waals surface area contributed by atoms with Gasteiger partial charge in [0.2, 0.25) is 10.0 Å². The predicted octanol–water partition coefficient (Wildman–Crippen LogP) is 2.14. The van der Waals surface area contributed by atoms with Crippen LogP contribution in [0, 0.1) is 5.82 Å². The number of rotatable bonds is 7. The van der Waals surface area contributed by atoms with E-state index in [0.717, 1.165) is 11.9 Å². The van der Waals surface area contributed by atoms with E-state index in [1.807, 2.05) is 18.2 Å². The van der Waals surface area contributed by atoms with E-state index in [0.29, 0.717) is 22.4 Å². The molecule has 1 aromatic carbocycles. The lowest BCUT2D eigenvalue weighted by Gasteiger charge is -2.10. The summed E-state index contributed by atoms with van der Waals surface area (Å²) in [6, 6.07) is 11.5. The van der Waals surface area contributed by atoms with Gasteiger partial charge in [-0.15, -0.1) is 10.2 Å². The van der Waals surface area contributed by atoms with E-state index in [4.69, 9.17) is 0 Å². The number of nitrogens with one attached hydrogen (secondary N) is 1. The second-order valence-electron chi connectivity index (χ2n) is 5.41. The third-order valence-corrected chi connectivity index (χ3v) is 4.98. The first-order valence-electron chi connectivity index (χ1n) is 7.60. The second-order valence-corrected chi connectivity index (χ2v) is 8.19. The van der Waals surface area contributed by atoms with Crippen LogP contribution in [-0.2, 0) is 22.3 Å². The normalized spacial score (nSPS) is 11.6. The van der Waals surface area contributed by atoms with Crippen LogP contribution in [0.5, 0.6) is 0 Å². The molecule has 0 fully saturated rings. The molecule has 3 rings (SSSR count). The first-order chi connectivity index (χ1) is 12.4. The molecular formula is C16H16FN5O2S2. The summed E-state index contributed by atoms with van der Waals surface area (Å²) in [6.07, 6.45) is 2.78. The molecule has 0 bridgehead atoms. The van der Waals surface area contributed by atoms with Gasteiger partial charge in [-0.05, 0) is 36.4 Å². The van der Waals surface area contributed by atoms with Gasteiger partial charge in [0.05, 0.1) is 18.5 Å². The standard InChI is InChI=1S/C16H16FN5O2S2/c1-26(23,24)19-10-15-20-21-16(25-11-13-4-2-3-9-18-13)22(15)14-7-5-12(17)6-8-14/h2-9,19H,10-11H2,1H3. The van der Waals surface area contributed by atoms with Crippen molar-refractivity contribution in [2.24, 2.45) is 0 Å². The van der Waals surface area contributed by atoms with Crippen LogP contribution < -0.4 is 4.72 Å². The van der Waals surface area contributed by atoms with Crippen molar-refractivity contribution in [2.75, 3.05) is 6.26 Å². The number of pyridine rings is 1. The topological polar surface area (TPSA) is 89.8 Å². The minimum Gasteiger partial charge on any atom is -0.273 e. The van der Waals surface area contributed by atoms with E-state index >= 15 is 0 Å². The lowest BCUT2D eigenvalue weighted by molar-refractivity contribution is 0.584. The van der Waals surface area contributed by atoms with Crippen molar-refractivity contribution in [3.05, 3.63) is 66.0 Å². The largest absolute Gasteiger partial charge is 0.273 e. The van der Waals surface area contributed by atoms with Crippen LogP contribution in [0.15, 0.2) is 53.8 Å². The lowest BCUT2D eigenvalue weighted by Crippen LogP contribution is -2.23. The molecule has 7 nitrogen and oxygen atoms in total. The van der Waals surface area contributed by atoms with Crippen LogP contribution in [0.4, 0.5) is 4.39 Å². The Balaban J connectivity index is 1.90. The summed E-state index contributed by atoms with van der Waals surface area (Å²) in [5, 5.41) is 8.79. The number of nitrogens with zero attached hydrogens (tertiary/aromatic N) is 4. The third-order valence-electron chi connectivity index (χ3n) is 3.35. The highest BCUT2D eigenvalue weighted by atomic mass is 32.2. The number of sulfonamides is 1. The smallest absolute Gasteiger partial charge is 0.209 e. The van der Waals surface area contributed by atoms with Crippen LogP contribution in [0.3, 0.4) is 0 Å². The fourth-order valence-corrected chi connectivity index (χ4v) is 3.45. The molecular weight excluding hydrogens is 377 g/mol. The van der Waals surface area contributed by atoms with Crippen molar-refractivity contribution >= 4 is 21.8 Å². The molecule has 2 aromatic heterocycles. The van der Waals surface area contributed by atoms with Gasteiger partial charge in [-0.2, -0.15) is 0 Å². The maximum absolute atomic E-state index is 13.3. The van der Waals surface area contributed by atoms with E-state index in [-0.39, 0.29) is 12.4 Å². The van der Waals surface area contributed by atoms with Gasteiger partial charge >= 0.3 is 0 Å². The van der Waals surface area contributed by atoms with Crippen molar-refractivity contribution in [3.63, 3.8) is 0 Å². The van der Waals surface area contributed by atoms with E-state index in [2.05, 4.69) is 19.9 Å². The Kier molecular flexibility index (Phi) is 5.64. The van der Waals surface area contributed by atoms with Gasteiger partial charge in [0.25, 0.3) is 0 Å². The molecule has 26 heavy (non-hydrogen) atoms. The molecule has 0 atom stereocenters. The van der Waals surface area contributed by atoms with Crippen LogP contribution in [-0.4, -0.2) is 34.4 Å². The number of aromatic nitrogens is 4. The van der Waals surface area contributed by atoms with Crippen molar-refractivity contribution in [2.45, 2.75) is 17.5 Å². The van der Waals surface area contributed by atoms with Crippen molar-refractivity contribution in [3.8, 4) is 5.69 Å². The molecule has 0 radical (unpaired) electrons. The van der Waals surface area contributed by atoms with Crippen LogP contribution in [0.1, 0.15) is 11.5 Å². The Morgan fingerprint density at radius 2 is 1.92 bits per heavy atom. The maximum Gasteiger partial charge on any atom is 0.209 e. The monoisotopic (exact) mass is 393 g/mol. The molecule has 136 valence electrons. The van der Waals surface area contributed by atoms with Gasteiger partial charge in [0, 0.05) is 17.6 Å². The molecule has 0 saturated carbocycles. The fourth-order valence-electron chi connectivity index (χ4n) is 2.18. The SMILES string of the molecule is CS(=O)(=O)NCc1nnc(SCc2ccccn2)n1-c1ccc(F)cc1. The molecule has 0 spiro atoms. The summed E-state index contributed by atoms with van der Waals surface area (Å²) in [6.45, 7) is -0.0205. The molecule has 0 aliphatic carbocycles. The van der Waals surface area contributed by atoms with Gasteiger partial charge in [0.1, 0.15) is 5.82 Å². The first kappa shape index (κ1) is 18.5. The number of halogens is 1. The Hall–Kier alpha value is -2.30. The quantitative estimate of drug-likeness (QED) is 0.619. The van der Waals surface area contributed by atoms with Gasteiger partial charge in [-0.1, -0.05) is 17.8 Å². The van der Waals surface area contributed by atoms with E-state index < -0.39 is 10.0 Å². The molecule has 0 aliphatic rings. The summed E-state index contributed by atoms with van der Waals surface area (Å²) >= 11 is 1.41. The Bertz CT molecular complexity index is 976. The van der Waals surface area contributed by atoms with Gasteiger partial charge in [-0.25, -0.2) is 17.5 Å². The zero-order chi connectivity index (χ0) is 18.6. The molecule has 0 saturated heterocycles. The summed E-state index contributed by atoms with van der Waals surface area (Å²) in [7, 11) is -3.38. The first-order valence-corrected chi connectivity index (χ1v) is 10.5. The molecule has 0 amide bonds. The second kappa shape index (κ2) is 7.94. The molecule has 10 heteroatoms. The molecule has 0 aliphatic heterocycles. The highest BCUT2D eigenvalue weighted by molar-refractivity contribution is 7.98. The van der Waals surface area contributed by atoms with Gasteiger partial charge in [0.15, 0.2) is 11.0 Å². The zero-order valence-electron chi connectivity index (χ0n) is 13.8. The van der Waals surface area contributed by atoms with E-state index in [1.54, 1.807) is 22.9 Å². The summed E-state index contributed by atoms with van der Waals surface area (Å²) in [5.41, 5.74) is 1.52. The van der Waals surface area contributed by atoms with Gasteiger partial charge in [-0.3, -0.25) is 9.55 Å². The number of hydrogen-bond donors (Lipinski definition) is 1. The average Bonchev–Trinajstić information content (AvgIpc) is 3.02. The molecule has 2 heterocycles. The molecule has 0 unspecified atom stereocenters. The van der Waals surface area contributed by atoms with E-state index in [9.17, 15) is 12.8 Å². The number of hydrogen-bond acceptors (Lipinski definition) is 6. The fraction of sp³-hybridized carbons (Fsp3) is 0.188. The predicted molar refractivity (Wildman–Crippen MR) is 96.8 cm³/mol. The Labute approximate surface area is 154 Å². The van der Waals surface area contributed by atoms with E-state index in [1.165, 1.54) is 23.9 Å². The minimum absolute atomic E-state index is 0.0205. The van der Waals surface area contributed by atoms with Gasteiger partial charge < -0.3 is 0 Å². The molecule has 3 aromatic rings.